The van der Waals surface area contributed by atoms with Gasteiger partial charge in [0.05, 0.1) is 24.2 Å². The van der Waals surface area contributed by atoms with E-state index in [0.717, 1.165) is 11.1 Å². The highest BCUT2D eigenvalue weighted by molar-refractivity contribution is 5.90. The van der Waals surface area contributed by atoms with E-state index in [1.807, 2.05) is 13.0 Å². The van der Waals surface area contributed by atoms with Crippen molar-refractivity contribution in [3.63, 3.8) is 0 Å². The Morgan fingerprint density at radius 3 is 2.95 bits per heavy atom. The van der Waals surface area contributed by atoms with Crippen LogP contribution in [0.5, 0.6) is 0 Å². The molecule has 1 aromatic carbocycles. The third kappa shape index (κ3) is 3.36. The third-order valence-electron chi connectivity index (χ3n) is 2.65. The van der Waals surface area contributed by atoms with E-state index in [2.05, 4.69) is 10.6 Å². The highest BCUT2D eigenvalue weighted by Crippen LogP contribution is 2.16. The Balaban J connectivity index is 1.97. The SMILES string of the molecule is Cc1ccc(C#N)cc1NC(=O)NCc1ccoc1. The minimum atomic E-state index is -0.320. The van der Waals surface area contributed by atoms with Crippen molar-refractivity contribution in [1.82, 2.24) is 5.32 Å². The molecule has 5 nitrogen and oxygen atoms in total. The summed E-state index contributed by atoms with van der Waals surface area (Å²) >= 11 is 0. The van der Waals surface area contributed by atoms with Crippen LogP contribution in [0.15, 0.2) is 41.2 Å². The number of amides is 2. The van der Waals surface area contributed by atoms with E-state index < -0.39 is 0 Å². The van der Waals surface area contributed by atoms with E-state index in [4.69, 9.17) is 9.68 Å². The summed E-state index contributed by atoms with van der Waals surface area (Å²) in [5, 5.41) is 14.2. The number of benzene rings is 1. The molecule has 1 heterocycles. The molecular formula is C14H13N3O2. The van der Waals surface area contributed by atoms with Gasteiger partial charge in [-0.2, -0.15) is 5.26 Å². The molecule has 5 heteroatoms. The van der Waals surface area contributed by atoms with Crippen LogP contribution in [-0.4, -0.2) is 6.03 Å². The first-order chi connectivity index (χ1) is 9.19. The summed E-state index contributed by atoms with van der Waals surface area (Å²) in [5.74, 6) is 0. The minimum absolute atomic E-state index is 0.320. The summed E-state index contributed by atoms with van der Waals surface area (Å²) in [7, 11) is 0. The fourth-order valence-corrected chi connectivity index (χ4v) is 1.57. The fourth-order valence-electron chi connectivity index (χ4n) is 1.57. The number of nitrogens with zero attached hydrogens (tertiary/aromatic N) is 1. The van der Waals surface area contributed by atoms with Crippen LogP contribution in [0.4, 0.5) is 10.5 Å². The lowest BCUT2D eigenvalue weighted by Crippen LogP contribution is -2.28. The van der Waals surface area contributed by atoms with Crippen molar-refractivity contribution < 1.29 is 9.21 Å². The van der Waals surface area contributed by atoms with Gasteiger partial charge in [0.2, 0.25) is 0 Å². The van der Waals surface area contributed by atoms with Crippen molar-refractivity contribution in [2.45, 2.75) is 13.5 Å². The molecule has 0 radical (unpaired) electrons. The second-order valence-corrected chi connectivity index (χ2v) is 4.08. The molecule has 0 bridgehead atoms. The average Bonchev–Trinajstić information content (AvgIpc) is 2.92. The van der Waals surface area contributed by atoms with Gasteiger partial charge in [0, 0.05) is 17.8 Å². The summed E-state index contributed by atoms with van der Waals surface area (Å²) < 4.78 is 4.91. The largest absolute Gasteiger partial charge is 0.472 e. The zero-order valence-corrected chi connectivity index (χ0v) is 10.4. The van der Waals surface area contributed by atoms with E-state index >= 15 is 0 Å². The predicted molar refractivity (Wildman–Crippen MR) is 70.5 cm³/mol. The summed E-state index contributed by atoms with van der Waals surface area (Å²) in [5.41, 5.74) is 2.93. The highest BCUT2D eigenvalue weighted by atomic mass is 16.3. The average molecular weight is 255 g/mol. The Labute approximate surface area is 110 Å². The molecule has 2 N–H and O–H groups in total. The van der Waals surface area contributed by atoms with Crippen molar-refractivity contribution >= 4 is 11.7 Å². The van der Waals surface area contributed by atoms with Crippen molar-refractivity contribution in [2.24, 2.45) is 0 Å². The smallest absolute Gasteiger partial charge is 0.319 e. The van der Waals surface area contributed by atoms with E-state index in [9.17, 15) is 4.79 Å². The Hall–Kier alpha value is -2.74. The summed E-state index contributed by atoms with van der Waals surface area (Å²) in [6.07, 6.45) is 3.12. The number of aryl methyl sites for hydroxylation is 1. The Kier molecular flexibility index (Phi) is 3.84. The maximum Gasteiger partial charge on any atom is 0.319 e. The molecule has 0 atom stereocenters. The standard InChI is InChI=1S/C14H13N3O2/c1-10-2-3-11(7-15)6-13(10)17-14(18)16-8-12-4-5-19-9-12/h2-6,9H,8H2,1H3,(H2,16,17,18). The first-order valence-electron chi connectivity index (χ1n) is 5.75. The predicted octanol–water partition coefficient (Wildman–Crippen LogP) is 2.78. The number of carbonyl (C=O) groups excluding carboxylic acids is 1. The Morgan fingerprint density at radius 1 is 1.42 bits per heavy atom. The number of furan rings is 1. The first kappa shape index (κ1) is 12.7. The van der Waals surface area contributed by atoms with E-state index in [1.54, 1.807) is 36.8 Å². The molecule has 0 saturated heterocycles. The molecule has 2 rings (SSSR count). The van der Waals surface area contributed by atoms with Gasteiger partial charge < -0.3 is 15.1 Å². The topological polar surface area (TPSA) is 78.1 Å². The molecule has 1 aromatic heterocycles. The molecule has 0 aliphatic rings. The van der Waals surface area contributed by atoms with Crippen molar-refractivity contribution in [3.8, 4) is 6.07 Å². The number of nitrogens with one attached hydrogen (secondary N) is 2. The monoisotopic (exact) mass is 255 g/mol. The van der Waals surface area contributed by atoms with Gasteiger partial charge in [-0.1, -0.05) is 6.07 Å². The molecule has 0 aliphatic heterocycles. The number of urea groups is 1. The zero-order chi connectivity index (χ0) is 13.7. The second kappa shape index (κ2) is 5.74. The maximum absolute atomic E-state index is 11.7. The molecule has 0 spiro atoms. The van der Waals surface area contributed by atoms with Crippen LogP contribution in [0.2, 0.25) is 0 Å². The quantitative estimate of drug-likeness (QED) is 0.885. The number of carbonyl (C=O) groups is 1. The molecule has 0 fully saturated rings. The normalized spacial score (nSPS) is 9.68. The van der Waals surface area contributed by atoms with Gasteiger partial charge in [0.15, 0.2) is 0 Å². The first-order valence-corrected chi connectivity index (χ1v) is 5.75. The van der Waals surface area contributed by atoms with Crippen molar-refractivity contribution in [3.05, 3.63) is 53.5 Å². The van der Waals surface area contributed by atoms with Crippen LogP contribution < -0.4 is 10.6 Å². The van der Waals surface area contributed by atoms with Crippen LogP contribution in [0.3, 0.4) is 0 Å². The number of hydrogen-bond acceptors (Lipinski definition) is 3. The van der Waals surface area contributed by atoms with E-state index in [-0.39, 0.29) is 6.03 Å². The highest BCUT2D eigenvalue weighted by Gasteiger charge is 2.05. The van der Waals surface area contributed by atoms with E-state index in [0.29, 0.717) is 17.8 Å². The van der Waals surface area contributed by atoms with Gasteiger partial charge in [0.1, 0.15) is 0 Å². The second-order valence-electron chi connectivity index (χ2n) is 4.08. The lowest BCUT2D eigenvalue weighted by Gasteiger charge is -2.09. The van der Waals surface area contributed by atoms with Gasteiger partial charge in [-0.3, -0.25) is 0 Å². The van der Waals surface area contributed by atoms with Crippen molar-refractivity contribution in [1.29, 1.82) is 5.26 Å². The van der Waals surface area contributed by atoms with E-state index in [1.165, 1.54) is 0 Å². The summed E-state index contributed by atoms with van der Waals surface area (Å²) in [6.45, 7) is 2.26. The minimum Gasteiger partial charge on any atom is -0.472 e. The Morgan fingerprint density at radius 2 is 2.26 bits per heavy atom. The Bertz CT molecular complexity index is 612. The zero-order valence-electron chi connectivity index (χ0n) is 10.4. The molecule has 2 amide bonds. The van der Waals surface area contributed by atoms with Crippen LogP contribution in [0, 0.1) is 18.3 Å². The number of nitriles is 1. The molecule has 0 saturated carbocycles. The van der Waals surface area contributed by atoms with Crippen LogP contribution in [0.25, 0.3) is 0 Å². The van der Waals surface area contributed by atoms with Gasteiger partial charge in [-0.25, -0.2) is 4.79 Å². The molecule has 0 unspecified atom stereocenters. The lowest BCUT2D eigenvalue weighted by molar-refractivity contribution is 0.251. The molecule has 0 aliphatic carbocycles. The van der Waals surface area contributed by atoms with Crippen molar-refractivity contribution in [2.75, 3.05) is 5.32 Å². The van der Waals surface area contributed by atoms with Crippen LogP contribution in [0.1, 0.15) is 16.7 Å². The molecule has 19 heavy (non-hydrogen) atoms. The number of hydrogen-bond donors (Lipinski definition) is 2. The molecule has 2 aromatic rings. The van der Waals surface area contributed by atoms with Gasteiger partial charge in [-0.05, 0) is 30.7 Å². The molecular weight excluding hydrogens is 242 g/mol. The van der Waals surface area contributed by atoms with Crippen LogP contribution >= 0.6 is 0 Å². The number of anilines is 1. The van der Waals surface area contributed by atoms with Gasteiger partial charge in [-0.15, -0.1) is 0 Å². The summed E-state index contributed by atoms with van der Waals surface area (Å²) in [4.78, 5) is 11.7. The van der Waals surface area contributed by atoms with Crippen LogP contribution in [-0.2, 0) is 6.54 Å². The van der Waals surface area contributed by atoms with Gasteiger partial charge in [0.25, 0.3) is 0 Å². The fraction of sp³-hybridized carbons (Fsp3) is 0.143. The summed E-state index contributed by atoms with van der Waals surface area (Å²) in [6, 6.07) is 8.65. The molecule has 96 valence electrons. The number of rotatable bonds is 3. The lowest BCUT2D eigenvalue weighted by atomic mass is 10.1. The van der Waals surface area contributed by atoms with Gasteiger partial charge >= 0.3 is 6.03 Å². The third-order valence-corrected chi connectivity index (χ3v) is 2.65. The maximum atomic E-state index is 11.7.